The van der Waals surface area contributed by atoms with Gasteiger partial charge in [-0.15, -0.1) is 0 Å². The Balaban J connectivity index is 1.89. The van der Waals surface area contributed by atoms with Gasteiger partial charge >= 0.3 is 0 Å². The van der Waals surface area contributed by atoms with E-state index in [1.54, 1.807) is 36.9 Å². The fourth-order valence-corrected chi connectivity index (χ4v) is 5.23. The van der Waals surface area contributed by atoms with E-state index in [9.17, 15) is 13.2 Å². The number of hydrogen-bond donors (Lipinski definition) is 1. The van der Waals surface area contributed by atoms with Crippen molar-refractivity contribution < 1.29 is 17.9 Å². The van der Waals surface area contributed by atoms with E-state index in [-0.39, 0.29) is 12.5 Å². The first-order valence-corrected chi connectivity index (χ1v) is 10.2. The number of fused-ring (bicyclic) bond motifs is 1. The molecule has 0 saturated carbocycles. The Kier molecular flexibility index (Phi) is 5.26. The number of carbonyl (C=O) groups is 1. The highest BCUT2D eigenvalue weighted by Crippen LogP contribution is 2.32. The summed E-state index contributed by atoms with van der Waals surface area (Å²) in [6.45, 7) is 6.15. The highest BCUT2D eigenvalue weighted by atomic mass is 32.2. The third-order valence-electron chi connectivity index (χ3n) is 4.67. The van der Waals surface area contributed by atoms with Crippen molar-refractivity contribution in [3.63, 3.8) is 0 Å². The monoisotopic (exact) mass is 388 g/mol. The Hall–Kier alpha value is -2.38. The van der Waals surface area contributed by atoms with Crippen LogP contribution in [-0.2, 0) is 26.0 Å². The number of nitrogens with zero attached hydrogens (tertiary/aromatic N) is 1. The molecule has 1 aliphatic rings. The van der Waals surface area contributed by atoms with E-state index in [0.717, 1.165) is 27.9 Å². The molecule has 144 valence electrons. The van der Waals surface area contributed by atoms with Crippen molar-refractivity contribution in [2.75, 3.05) is 29.9 Å². The maximum Gasteiger partial charge on any atom is 0.262 e. The minimum absolute atomic E-state index is 0.0276. The van der Waals surface area contributed by atoms with Crippen LogP contribution >= 0.6 is 0 Å². The van der Waals surface area contributed by atoms with Crippen molar-refractivity contribution >= 4 is 27.3 Å². The second kappa shape index (κ2) is 7.32. The first kappa shape index (κ1) is 19.4. The number of ether oxygens (including phenoxy) is 1. The van der Waals surface area contributed by atoms with Gasteiger partial charge in [0.25, 0.3) is 15.9 Å². The van der Waals surface area contributed by atoms with Crippen molar-refractivity contribution in [1.82, 2.24) is 0 Å². The molecule has 0 unspecified atom stereocenters. The first-order chi connectivity index (χ1) is 12.7. The first-order valence-electron chi connectivity index (χ1n) is 8.76. The number of hydrogen-bond acceptors (Lipinski definition) is 4. The van der Waals surface area contributed by atoms with Crippen LogP contribution < -0.4 is 9.62 Å². The summed E-state index contributed by atoms with van der Waals surface area (Å²) >= 11 is 0. The summed E-state index contributed by atoms with van der Waals surface area (Å²) < 4.78 is 33.4. The molecule has 27 heavy (non-hydrogen) atoms. The Labute approximate surface area is 160 Å². The van der Waals surface area contributed by atoms with Crippen molar-refractivity contribution in [2.24, 2.45) is 0 Å². The Bertz CT molecular complexity index is 976. The van der Waals surface area contributed by atoms with Crippen molar-refractivity contribution in [1.29, 1.82) is 0 Å². The lowest BCUT2D eigenvalue weighted by atomic mass is 10.1. The third kappa shape index (κ3) is 3.84. The number of rotatable bonds is 5. The van der Waals surface area contributed by atoms with E-state index in [1.165, 1.54) is 7.11 Å². The molecule has 0 saturated heterocycles. The van der Waals surface area contributed by atoms with E-state index in [4.69, 9.17) is 4.74 Å². The van der Waals surface area contributed by atoms with Gasteiger partial charge in [-0.1, -0.05) is 17.7 Å². The summed E-state index contributed by atoms with van der Waals surface area (Å²) in [4.78, 5) is 14.1. The summed E-state index contributed by atoms with van der Waals surface area (Å²) in [6.07, 6.45) is 0.683. The molecule has 0 radical (unpaired) electrons. The van der Waals surface area contributed by atoms with Gasteiger partial charge in [-0.2, -0.15) is 0 Å². The van der Waals surface area contributed by atoms with Crippen molar-refractivity contribution in [3.05, 3.63) is 52.6 Å². The summed E-state index contributed by atoms with van der Waals surface area (Å²) in [7, 11) is -2.21. The minimum atomic E-state index is -3.70. The maximum absolute atomic E-state index is 12.9. The van der Waals surface area contributed by atoms with Crippen LogP contribution in [0, 0.1) is 20.8 Å². The van der Waals surface area contributed by atoms with Crippen LogP contribution in [-0.4, -0.2) is 34.6 Å². The van der Waals surface area contributed by atoms with Crippen molar-refractivity contribution in [2.45, 2.75) is 32.1 Å². The second-order valence-corrected chi connectivity index (χ2v) is 8.52. The molecular formula is C20H24N2O4S. The molecule has 1 amide bonds. The van der Waals surface area contributed by atoms with Crippen molar-refractivity contribution in [3.8, 4) is 0 Å². The van der Waals surface area contributed by atoms with Gasteiger partial charge in [-0.3, -0.25) is 9.52 Å². The minimum Gasteiger partial charge on any atom is -0.375 e. The molecule has 2 aromatic carbocycles. The second-order valence-electron chi connectivity index (χ2n) is 6.91. The van der Waals surface area contributed by atoms with Crippen LogP contribution in [0.1, 0.15) is 22.3 Å². The molecule has 1 aliphatic heterocycles. The molecule has 0 atom stereocenters. The molecule has 0 aliphatic carbocycles. The van der Waals surface area contributed by atoms with Gasteiger partial charge in [-0.25, -0.2) is 8.42 Å². The SMILES string of the molecule is COCC(=O)N1CCc2cc(NS(=O)(=O)c3c(C)cc(C)cc3C)ccc21. The van der Waals surface area contributed by atoms with Crippen LogP contribution in [0.3, 0.4) is 0 Å². The molecule has 0 spiro atoms. The molecule has 1 heterocycles. The number of methoxy groups -OCH3 is 1. The molecule has 6 nitrogen and oxygen atoms in total. The van der Waals surface area contributed by atoms with Crippen LogP contribution in [0.15, 0.2) is 35.2 Å². The molecule has 1 N–H and O–H groups in total. The molecule has 0 aromatic heterocycles. The number of carbonyl (C=O) groups excluding carboxylic acids is 1. The maximum atomic E-state index is 12.9. The summed E-state index contributed by atoms with van der Waals surface area (Å²) in [5, 5.41) is 0. The smallest absolute Gasteiger partial charge is 0.262 e. The number of sulfonamides is 1. The summed E-state index contributed by atoms with van der Waals surface area (Å²) in [5.74, 6) is -0.101. The van der Waals surface area contributed by atoms with Gasteiger partial charge in [0.05, 0.1) is 4.90 Å². The fourth-order valence-electron chi connectivity index (χ4n) is 3.72. The number of nitrogens with one attached hydrogen (secondary N) is 1. The lowest BCUT2D eigenvalue weighted by Gasteiger charge is -2.17. The van der Waals surface area contributed by atoms with E-state index in [0.29, 0.717) is 23.5 Å². The Morgan fingerprint density at radius 3 is 2.44 bits per heavy atom. The lowest BCUT2D eigenvalue weighted by molar-refractivity contribution is -0.122. The van der Waals surface area contributed by atoms with Crippen LogP contribution in [0.5, 0.6) is 0 Å². The van der Waals surface area contributed by atoms with E-state index >= 15 is 0 Å². The van der Waals surface area contributed by atoms with E-state index in [1.807, 2.05) is 19.1 Å². The molecule has 3 rings (SSSR count). The molecule has 0 fully saturated rings. The predicted molar refractivity (Wildman–Crippen MR) is 106 cm³/mol. The highest BCUT2D eigenvalue weighted by molar-refractivity contribution is 7.92. The molecular weight excluding hydrogens is 364 g/mol. The van der Waals surface area contributed by atoms with Crippen LogP contribution in [0.25, 0.3) is 0 Å². The number of aryl methyl sites for hydroxylation is 3. The van der Waals surface area contributed by atoms with Gasteiger partial charge in [0.1, 0.15) is 6.61 Å². The van der Waals surface area contributed by atoms with Crippen LogP contribution in [0.2, 0.25) is 0 Å². The predicted octanol–water partition coefficient (Wildman–Crippen LogP) is 2.95. The number of benzene rings is 2. The largest absolute Gasteiger partial charge is 0.375 e. The third-order valence-corrected chi connectivity index (χ3v) is 6.36. The van der Waals surface area contributed by atoms with E-state index in [2.05, 4.69) is 4.72 Å². The average molecular weight is 388 g/mol. The van der Waals surface area contributed by atoms with Crippen LogP contribution in [0.4, 0.5) is 11.4 Å². The topological polar surface area (TPSA) is 75.7 Å². The fraction of sp³-hybridized carbons (Fsp3) is 0.350. The Morgan fingerprint density at radius 2 is 1.81 bits per heavy atom. The Morgan fingerprint density at radius 1 is 1.15 bits per heavy atom. The van der Waals surface area contributed by atoms with E-state index < -0.39 is 10.0 Å². The number of anilines is 2. The lowest BCUT2D eigenvalue weighted by Crippen LogP contribution is -2.31. The summed E-state index contributed by atoms with van der Waals surface area (Å²) in [6, 6.07) is 9.00. The van der Waals surface area contributed by atoms with Gasteiger partial charge in [0.2, 0.25) is 0 Å². The molecule has 7 heteroatoms. The molecule has 2 aromatic rings. The standard InChI is InChI=1S/C20H24N2O4S/c1-13-9-14(2)20(15(3)10-13)27(24,25)21-17-5-6-18-16(11-17)7-8-22(18)19(23)12-26-4/h5-6,9-11,21H,7-8,12H2,1-4H3. The average Bonchev–Trinajstić information content (AvgIpc) is 2.96. The van der Waals surface area contributed by atoms with Gasteiger partial charge in [0, 0.05) is 25.0 Å². The normalized spacial score (nSPS) is 13.6. The molecule has 0 bridgehead atoms. The number of amides is 1. The quantitative estimate of drug-likeness (QED) is 0.854. The summed E-state index contributed by atoms with van der Waals surface area (Å²) in [5.41, 5.74) is 4.71. The highest BCUT2D eigenvalue weighted by Gasteiger charge is 2.26. The van der Waals surface area contributed by atoms with Gasteiger partial charge < -0.3 is 9.64 Å². The van der Waals surface area contributed by atoms with Gasteiger partial charge in [-0.05, 0) is 62.1 Å². The zero-order valence-corrected chi connectivity index (χ0v) is 16.8. The zero-order valence-electron chi connectivity index (χ0n) is 16.0. The zero-order chi connectivity index (χ0) is 19.8. The van der Waals surface area contributed by atoms with Gasteiger partial charge in [0.15, 0.2) is 0 Å².